The zero-order valence-electron chi connectivity index (χ0n) is 19.1. The average molecular weight is 520 g/mol. The molecule has 0 bridgehead atoms. The summed E-state index contributed by atoms with van der Waals surface area (Å²) in [6.07, 6.45) is -1.71. The summed E-state index contributed by atoms with van der Waals surface area (Å²) in [6.45, 7) is 2.54. The largest absolute Gasteiger partial charge is 0.415 e. The van der Waals surface area contributed by atoms with Gasteiger partial charge in [-0.3, -0.25) is 13.9 Å². The predicted octanol–water partition coefficient (Wildman–Crippen LogP) is 4.81. The van der Waals surface area contributed by atoms with Gasteiger partial charge >= 0.3 is 12.1 Å². The number of hydrogen-bond donors (Lipinski definition) is 0. The van der Waals surface area contributed by atoms with Gasteiger partial charge in [0.25, 0.3) is 5.89 Å². The van der Waals surface area contributed by atoms with Crippen molar-refractivity contribution in [1.82, 2.24) is 24.2 Å². The Morgan fingerprint density at radius 3 is 2.53 bits per heavy atom. The lowest BCUT2D eigenvalue weighted by atomic mass is 10.0. The summed E-state index contributed by atoms with van der Waals surface area (Å²) in [7, 11) is 0. The van der Waals surface area contributed by atoms with Crippen LogP contribution in [0.1, 0.15) is 43.7 Å². The van der Waals surface area contributed by atoms with Crippen molar-refractivity contribution in [3.05, 3.63) is 69.2 Å². The van der Waals surface area contributed by atoms with Crippen LogP contribution in [0.2, 0.25) is 5.02 Å². The number of likely N-dealkylation sites (tertiary alicyclic amines) is 1. The number of amides is 1. The maximum absolute atomic E-state index is 15.0. The van der Waals surface area contributed by atoms with E-state index in [-0.39, 0.29) is 41.2 Å². The van der Waals surface area contributed by atoms with E-state index in [1.165, 1.54) is 23.6 Å². The minimum absolute atomic E-state index is 0.00356. The SMILES string of the molecule is CC(=O)N1CCC(n2c(=O)n(Cc3ccc(-c4nnc(C(F)F)o4)cc3F)c3ccc(Cl)cc32)CC1. The molecule has 0 N–H and O–H groups in total. The summed E-state index contributed by atoms with van der Waals surface area (Å²) in [6, 6.07) is 8.99. The Morgan fingerprint density at radius 1 is 1.14 bits per heavy atom. The Kier molecular flexibility index (Phi) is 6.33. The molecule has 0 radical (unpaired) electrons. The first-order valence-corrected chi connectivity index (χ1v) is 11.7. The van der Waals surface area contributed by atoms with Crippen molar-refractivity contribution in [1.29, 1.82) is 0 Å². The van der Waals surface area contributed by atoms with Crippen LogP contribution in [0.5, 0.6) is 0 Å². The van der Waals surface area contributed by atoms with Gasteiger partial charge in [-0.15, -0.1) is 10.2 Å². The first kappa shape index (κ1) is 24.1. The predicted molar refractivity (Wildman–Crippen MR) is 125 cm³/mol. The molecule has 1 amide bonds. The molecule has 0 spiro atoms. The minimum Gasteiger partial charge on any atom is -0.415 e. The number of imidazole rings is 1. The van der Waals surface area contributed by atoms with Crippen LogP contribution in [0.4, 0.5) is 13.2 Å². The zero-order chi connectivity index (χ0) is 25.6. The molecule has 5 rings (SSSR count). The molecule has 188 valence electrons. The van der Waals surface area contributed by atoms with Gasteiger partial charge in [0.15, 0.2) is 0 Å². The lowest BCUT2D eigenvalue weighted by Gasteiger charge is -2.31. The standard InChI is InChI=1S/C24H21ClF3N5O3/c1-13(34)31-8-6-17(7-9-31)33-20-11-16(25)4-5-19(20)32(24(33)35)12-15-3-2-14(10-18(15)26)22-29-30-23(36-22)21(27)28/h2-5,10-11,17,21H,6-9,12H2,1H3. The van der Waals surface area contributed by atoms with Crippen molar-refractivity contribution in [2.24, 2.45) is 0 Å². The number of carbonyl (C=O) groups excluding carboxylic acids is 1. The number of fused-ring (bicyclic) bond motifs is 1. The molecule has 1 aliphatic heterocycles. The fraction of sp³-hybridized carbons (Fsp3) is 0.333. The van der Waals surface area contributed by atoms with E-state index < -0.39 is 18.1 Å². The molecule has 1 aliphatic rings. The number of carbonyl (C=O) groups is 1. The first-order valence-electron chi connectivity index (χ1n) is 11.3. The van der Waals surface area contributed by atoms with Crippen LogP contribution in [0.3, 0.4) is 0 Å². The molecular weight excluding hydrogens is 499 g/mol. The highest BCUT2D eigenvalue weighted by atomic mass is 35.5. The highest BCUT2D eigenvalue weighted by Crippen LogP contribution is 2.29. The van der Waals surface area contributed by atoms with Gasteiger partial charge in [0.1, 0.15) is 5.82 Å². The Labute approximate surface area is 207 Å². The third kappa shape index (κ3) is 4.39. The molecule has 0 unspecified atom stereocenters. The van der Waals surface area contributed by atoms with Crippen LogP contribution in [0.25, 0.3) is 22.5 Å². The molecule has 2 aromatic carbocycles. The van der Waals surface area contributed by atoms with Gasteiger partial charge in [-0.25, -0.2) is 9.18 Å². The summed E-state index contributed by atoms with van der Waals surface area (Å²) < 4.78 is 48.6. The van der Waals surface area contributed by atoms with Crippen molar-refractivity contribution in [3.63, 3.8) is 0 Å². The van der Waals surface area contributed by atoms with E-state index in [9.17, 15) is 18.4 Å². The van der Waals surface area contributed by atoms with Crippen LogP contribution in [0, 0.1) is 5.82 Å². The van der Waals surface area contributed by atoms with Crippen molar-refractivity contribution in [3.8, 4) is 11.5 Å². The Morgan fingerprint density at radius 2 is 1.89 bits per heavy atom. The molecule has 8 nitrogen and oxygen atoms in total. The van der Waals surface area contributed by atoms with E-state index in [0.29, 0.717) is 42.0 Å². The number of piperidine rings is 1. The highest BCUT2D eigenvalue weighted by molar-refractivity contribution is 6.31. The molecule has 2 aromatic heterocycles. The van der Waals surface area contributed by atoms with Crippen LogP contribution >= 0.6 is 11.6 Å². The second-order valence-electron chi connectivity index (χ2n) is 8.66. The van der Waals surface area contributed by atoms with Crippen molar-refractivity contribution in [2.75, 3.05) is 13.1 Å². The molecule has 0 atom stereocenters. The summed E-state index contributed by atoms with van der Waals surface area (Å²) in [4.78, 5) is 27.0. The van der Waals surface area contributed by atoms with E-state index in [0.717, 1.165) is 6.07 Å². The third-order valence-electron chi connectivity index (χ3n) is 6.46. The van der Waals surface area contributed by atoms with Crippen LogP contribution in [-0.4, -0.2) is 43.2 Å². The van der Waals surface area contributed by atoms with Crippen molar-refractivity contribution in [2.45, 2.75) is 38.8 Å². The monoisotopic (exact) mass is 519 g/mol. The fourth-order valence-corrected chi connectivity index (χ4v) is 4.78. The molecule has 3 heterocycles. The molecule has 36 heavy (non-hydrogen) atoms. The van der Waals surface area contributed by atoms with Gasteiger partial charge in [-0.1, -0.05) is 17.7 Å². The number of hydrogen-bond acceptors (Lipinski definition) is 5. The molecule has 4 aromatic rings. The van der Waals surface area contributed by atoms with Crippen LogP contribution in [-0.2, 0) is 11.3 Å². The Bertz CT molecular complexity index is 1500. The Hall–Kier alpha value is -3.60. The number of nitrogens with zero attached hydrogens (tertiary/aromatic N) is 5. The smallest absolute Gasteiger partial charge is 0.329 e. The summed E-state index contributed by atoms with van der Waals surface area (Å²) in [5.41, 5.74) is 1.29. The molecule has 12 heteroatoms. The van der Waals surface area contributed by atoms with Gasteiger partial charge in [0, 0.05) is 42.2 Å². The normalized spacial score (nSPS) is 14.8. The first-order chi connectivity index (χ1) is 17.2. The molecule has 0 saturated carbocycles. The minimum atomic E-state index is -2.93. The van der Waals surface area contributed by atoms with Gasteiger partial charge < -0.3 is 9.32 Å². The van der Waals surface area contributed by atoms with E-state index in [1.54, 1.807) is 27.7 Å². The zero-order valence-corrected chi connectivity index (χ0v) is 19.9. The summed E-state index contributed by atoms with van der Waals surface area (Å²) in [5.74, 6) is -1.73. The van der Waals surface area contributed by atoms with Gasteiger partial charge in [0.2, 0.25) is 11.8 Å². The molecular formula is C24H21ClF3N5O3. The molecule has 0 aliphatic carbocycles. The molecule has 1 fully saturated rings. The number of alkyl halides is 2. The number of benzene rings is 2. The number of rotatable bonds is 5. The third-order valence-corrected chi connectivity index (χ3v) is 6.69. The second-order valence-corrected chi connectivity index (χ2v) is 9.10. The maximum Gasteiger partial charge on any atom is 0.329 e. The van der Waals surface area contributed by atoms with Gasteiger partial charge in [-0.2, -0.15) is 8.78 Å². The summed E-state index contributed by atoms with van der Waals surface area (Å²) in [5, 5.41) is 7.26. The quantitative estimate of drug-likeness (QED) is 0.377. The Balaban J connectivity index is 1.49. The average Bonchev–Trinajstić information content (AvgIpc) is 3.44. The molecule has 1 saturated heterocycles. The lowest BCUT2D eigenvalue weighted by Crippen LogP contribution is -2.40. The van der Waals surface area contributed by atoms with Gasteiger partial charge in [-0.05, 0) is 43.2 Å². The van der Waals surface area contributed by atoms with Crippen LogP contribution in [0.15, 0.2) is 45.6 Å². The summed E-state index contributed by atoms with van der Waals surface area (Å²) >= 11 is 6.23. The van der Waals surface area contributed by atoms with E-state index in [2.05, 4.69) is 10.2 Å². The van der Waals surface area contributed by atoms with Crippen LogP contribution < -0.4 is 5.69 Å². The van der Waals surface area contributed by atoms with E-state index >= 15 is 4.39 Å². The maximum atomic E-state index is 15.0. The van der Waals surface area contributed by atoms with Crippen molar-refractivity contribution < 1.29 is 22.4 Å². The topological polar surface area (TPSA) is 86.2 Å². The second kappa shape index (κ2) is 9.45. The number of halogens is 4. The van der Waals surface area contributed by atoms with Crippen molar-refractivity contribution >= 4 is 28.5 Å². The lowest BCUT2D eigenvalue weighted by molar-refractivity contribution is -0.130. The van der Waals surface area contributed by atoms with E-state index in [4.69, 9.17) is 16.0 Å². The van der Waals surface area contributed by atoms with E-state index in [1.807, 2.05) is 0 Å². The number of aromatic nitrogens is 4. The van der Waals surface area contributed by atoms with Gasteiger partial charge in [0.05, 0.1) is 17.6 Å². The highest BCUT2D eigenvalue weighted by Gasteiger charge is 2.27. The fourth-order valence-electron chi connectivity index (χ4n) is 4.62.